The van der Waals surface area contributed by atoms with Crippen LogP contribution in [0.3, 0.4) is 0 Å². The van der Waals surface area contributed by atoms with E-state index < -0.39 is 0 Å². The van der Waals surface area contributed by atoms with E-state index in [1.807, 2.05) is 23.5 Å². The van der Waals surface area contributed by atoms with Crippen molar-refractivity contribution in [1.82, 2.24) is 0 Å². The lowest BCUT2D eigenvalue weighted by Crippen LogP contribution is -1.83. The van der Waals surface area contributed by atoms with Gasteiger partial charge < -0.3 is 0 Å². The highest BCUT2D eigenvalue weighted by molar-refractivity contribution is 9.10. The van der Waals surface area contributed by atoms with Gasteiger partial charge in [-0.05, 0) is 52.4 Å². The molecular weight excluding hydrogens is 288 g/mol. The van der Waals surface area contributed by atoms with Crippen molar-refractivity contribution in [2.45, 2.75) is 36.5 Å². The van der Waals surface area contributed by atoms with Gasteiger partial charge in [-0.3, -0.25) is 0 Å². The van der Waals surface area contributed by atoms with Gasteiger partial charge in [0, 0.05) is 14.3 Å². The average Bonchev–Trinajstić information content (AvgIpc) is 2.26. The third-order valence-corrected chi connectivity index (χ3v) is 5.76. The normalized spacial score (nSPS) is 10.6. The fourth-order valence-electron chi connectivity index (χ4n) is 1.14. The summed E-state index contributed by atoms with van der Waals surface area (Å²) in [6.45, 7) is 4.44. The van der Waals surface area contributed by atoms with Crippen LogP contribution in [0.25, 0.3) is 0 Å². The number of hydrogen-bond donors (Lipinski definition) is 0. The van der Waals surface area contributed by atoms with Crippen LogP contribution in [0.2, 0.25) is 0 Å². The summed E-state index contributed by atoms with van der Waals surface area (Å²) in [4.78, 5) is 2.75. The molecule has 0 aliphatic heterocycles. The van der Waals surface area contributed by atoms with E-state index in [0.29, 0.717) is 0 Å². The molecule has 0 saturated heterocycles. The van der Waals surface area contributed by atoms with Crippen LogP contribution in [-0.4, -0.2) is 11.5 Å². The molecule has 0 atom stereocenters. The first-order chi connectivity index (χ1) is 7.29. The van der Waals surface area contributed by atoms with Crippen molar-refractivity contribution < 1.29 is 0 Å². The summed E-state index contributed by atoms with van der Waals surface area (Å²) in [5.74, 6) is 2.39. The summed E-state index contributed by atoms with van der Waals surface area (Å²) in [6, 6.07) is 6.54. The lowest BCUT2D eigenvalue weighted by atomic mass is 10.4. The Labute approximate surface area is 110 Å². The van der Waals surface area contributed by atoms with E-state index in [2.05, 4.69) is 48.0 Å². The van der Waals surface area contributed by atoms with E-state index in [1.54, 1.807) is 0 Å². The number of thioether (sulfide) groups is 2. The van der Waals surface area contributed by atoms with Crippen LogP contribution in [0.5, 0.6) is 0 Å². The quantitative estimate of drug-likeness (QED) is 0.641. The SMILES string of the molecule is CCCSc1cccc(SCCC)c1Br. The maximum atomic E-state index is 3.70. The Morgan fingerprint density at radius 2 is 1.47 bits per heavy atom. The Kier molecular flexibility index (Phi) is 6.86. The van der Waals surface area contributed by atoms with Gasteiger partial charge in [-0.1, -0.05) is 19.9 Å². The van der Waals surface area contributed by atoms with Gasteiger partial charge >= 0.3 is 0 Å². The molecule has 0 aliphatic carbocycles. The molecule has 3 heteroatoms. The smallest absolute Gasteiger partial charge is 0.0447 e. The average molecular weight is 305 g/mol. The highest BCUT2D eigenvalue weighted by Gasteiger charge is 2.05. The third-order valence-electron chi connectivity index (χ3n) is 1.85. The number of rotatable bonds is 6. The molecular formula is C12H17BrS2. The van der Waals surface area contributed by atoms with Gasteiger partial charge in [0.15, 0.2) is 0 Å². The predicted molar refractivity (Wildman–Crippen MR) is 76.2 cm³/mol. The minimum atomic E-state index is 1.19. The van der Waals surface area contributed by atoms with Crippen LogP contribution in [0, 0.1) is 0 Å². The van der Waals surface area contributed by atoms with E-state index in [0.717, 1.165) is 0 Å². The topological polar surface area (TPSA) is 0 Å². The zero-order valence-electron chi connectivity index (χ0n) is 9.25. The van der Waals surface area contributed by atoms with Crippen molar-refractivity contribution in [3.63, 3.8) is 0 Å². The van der Waals surface area contributed by atoms with Crippen molar-refractivity contribution in [3.05, 3.63) is 22.7 Å². The molecule has 0 heterocycles. The van der Waals surface area contributed by atoms with Gasteiger partial charge in [0.25, 0.3) is 0 Å². The molecule has 0 amide bonds. The first-order valence-electron chi connectivity index (χ1n) is 5.33. The van der Waals surface area contributed by atoms with Crippen LogP contribution < -0.4 is 0 Å². The molecule has 0 radical (unpaired) electrons. The fraction of sp³-hybridized carbons (Fsp3) is 0.500. The van der Waals surface area contributed by atoms with E-state index in [4.69, 9.17) is 0 Å². The second-order valence-corrected chi connectivity index (χ2v) is 6.33. The number of halogens is 1. The van der Waals surface area contributed by atoms with Crippen molar-refractivity contribution in [1.29, 1.82) is 0 Å². The zero-order valence-corrected chi connectivity index (χ0v) is 12.5. The lowest BCUT2D eigenvalue weighted by molar-refractivity contribution is 1.10. The highest BCUT2D eigenvalue weighted by atomic mass is 79.9. The molecule has 1 rings (SSSR count). The van der Waals surface area contributed by atoms with Crippen LogP contribution in [0.1, 0.15) is 26.7 Å². The monoisotopic (exact) mass is 304 g/mol. The Bertz CT molecular complexity index is 273. The maximum absolute atomic E-state index is 3.70. The molecule has 0 bridgehead atoms. The number of benzene rings is 1. The van der Waals surface area contributed by atoms with Crippen LogP contribution in [0.15, 0.2) is 32.5 Å². The Morgan fingerprint density at radius 1 is 1.00 bits per heavy atom. The van der Waals surface area contributed by atoms with Gasteiger partial charge in [0.05, 0.1) is 0 Å². The molecule has 0 aromatic heterocycles. The largest absolute Gasteiger partial charge is 0.125 e. The Balaban J connectivity index is 2.71. The van der Waals surface area contributed by atoms with Gasteiger partial charge in [-0.2, -0.15) is 0 Å². The molecule has 0 aliphatic rings. The molecule has 1 aromatic carbocycles. The second kappa shape index (κ2) is 7.64. The first kappa shape index (κ1) is 13.5. The Hall–Kier alpha value is 0.400. The summed E-state index contributed by atoms with van der Waals surface area (Å²) in [5.41, 5.74) is 0. The van der Waals surface area contributed by atoms with Crippen LogP contribution >= 0.6 is 39.5 Å². The first-order valence-corrected chi connectivity index (χ1v) is 8.10. The number of hydrogen-bond acceptors (Lipinski definition) is 2. The standard InChI is InChI=1S/C12H17BrS2/c1-3-8-14-10-6-5-7-11(12(10)13)15-9-4-2/h5-7H,3-4,8-9H2,1-2H3. The third kappa shape index (κ3) is 4.41. The van der Waals surface area contributed by atoms with Gasteiger partial charge in [-0.25, -0.2) is 0 Å². The maximum Gasteiger partial charge on any atom is 0.0447 e. The minimum absolute atomic E-state index is 1.19. The second-order valence-electron chi connectivity index (χ2n) is 3.27. The van der Waals surface area contributed by atoms with E-state index in [1.165, 1.54) is 38.6 Å². The van der Waals surface area contributed by atoms with E-state index in [9.17, 15) is 0 Å². The van der Waals surface area contributed by atoms with Crippen LogP contribution in [0.4, 0.5) is 0 Å². The highest BCUT2D eigenvalue weighted by Crippen LogP contribution is 2.36. The molecule has 0 spiro atoms. The summed E-state index contributed by atoms with van der Waals surface area (Å²) >= 11 is 7.57. The summed E-state index contributed by atoms with van der Waals surface area (Å²) < 4.78 is 1.28. The summed E-state index contributed by atoms with van der Waals surface area (Å²) in [6.07, 6.45) is 2.45. The van der Waals surface area contributed by atoms with Crippen LogP contribution in [-0.2, 0) is 0 Å². The minimum Gasteiger partial charge on any atom is -0.125 e. The molecule has 15 heavy (non-hydrogen) atoms. The van der Waals surface area contributed by atoms with E-state index >= 15 is 0 Å². The molecule has 0 fully saturated rings. The van der Waals surface area contributed by atoms with Gasteiger partial charge in [0.1, 0.15) is 0 Å². The fourth-order valence-corrected chi connectivity index (χ4v) is 3.82. The summed E-state index contributed by atoms with van der Waals surface area (Å²) in [7, 11) is 0. The molecule has 84 valence electrons. The van der Waals surface area contributed by atoms with Gasteiger partial charge in [-0.15, -0.1) is 23.5 Å². The lowest BCUT2D eigenvalue weighted by Gasteiger charge is -2.08. The Morgan fingerprint density at radius 3 is 1.87 bits per heavy atom. The van der Waals surface area contributed by atoms with E-state index in [-0.39, 0.29) is 0 Å². The van der Waals surface area contributed by atoms with Crippen molar-refractivity contribution in [2.75, 3.05) is 11.5 Å². The molecule has 0 unspecified atom stereocenters. The van der Waals surface area contributed by atoms with Gasteiger partial charge in [0.2, 0.25) is 0 Å². The molecule has 0 N–H and O–H groups in total. The summed E-state index contributed by atoms with van der Waals surface area (Å²) in [5, 5.41) is 0. The van der Waals surface area contributed by atoms with Crippen molar-refractivity contribution in [3.8, 4) is 0 Å². The predicted octanol–water partition coefficient (Wildman–Crippen LogP) is 5.45. The molecule has 0 saturated carbocycles. The zero-order chi connectivity index (χ0) is 11.1. The molecule has 0 nitrogen and oxygen atoms in total. The van der Waals surface area contributed by atoms with Crippen molar-refractivity contribution in [2.24, 2.45) is 0 Å². The van der Waals surface area contributed by atoms with Crippen molar-refractivity contribution >= 4 is 39.5 Å². The molecule has 1 aromatic rings.